The molecule has 2 N–H and O–H groups in total. The summed E-state index contributed by atoms with van der Waals surface area (Å²) in [5.41, 5.74) is 0. The van der Waals surface area contributed by atoms with Gasteiger partial charge in [0.15, 0.2) is 6.10 Å². The summed E-state index contributed by atoms with van der Waals surface area (Å²) in [7, 11) is -4.75. The van der Waals surface area contributed by atoms with Crippen molar-refractivity contribution in [3.05, 3.63) is 48.6 Å². The van der Waals surface area contributed by atoms with Gasteiger partial charge in [-0.15, -0.1) is 0 Å². The highest BCUT2D eigenvalue weighted by Crippen LogP contribution is 2.43. The molecule has 0 aromatic heterocycles. The van der Waals surface area contributed by atoms with Gasteiger partial charge in [-0.05, 0) is 103 Å². The average Bonchev–Trinajstić information content (AvgIpc) is 3.39. The molecule has 432 valence electrons. The molecule has 0 aromatic carbocycles. The number of carbonyl (C=O) groups is 3. The van der Waals surface area contributed by atoms with E-state index < -0.39 is 57.8 Å². The number of ether oxygens (including phenoxy) is 3. The van der Waals surface area contributed by atoms with Gasteiger partial charge in [0.25, 0.3) is 0 Å². The lowest BCUT2D eigenvalue weighted by atomic mass is 10.1. The van der Waals surface area contributed by atoms with Crippen LogP contribution in [0.4, 0.5) is 0 Å². The molecule has 3 atom stereocenters. The Morgan fingerprint density at radius 3 is 1.04 bits per heavy atom. The molecule has 0 bridgehead atoms. The van der Waals surface area contributed by atoms with Gasteiger partial charge in [-0.3, -0.25) is 23.4 Å². The molecule has 0 aliphatic carbocycles. The highest BCUT2D eigenvalue weighted by atomic mass is 31.2. The van der Waals surface area contributed by atoms with Crippen LogP contribution in [0.2, 0.25) is 0 Å². The average molecular weight is 1070 g/mol. The van der Waals surface area contributed by atoms with Crippen LogP contribution in [0, 0.1) is 0 Å². The van der Waals surface area contributed by atoms with Gasteiger partial charge in [0.1, 0.15) is 12.7 Å². The van der Waals surface area contributed by atoms with Gasteiger partial charge < -0.3 is 24.2 Å². The number of unbranched alkanes of at least 4 members (excludes halogenated alkanes) is 32. The molecule has 0 spiro atoms. The Bertz CT molecular complexity index is 1430. The number of phosphoric ester groups is 1. The van der Waals surface area contributed by atoms with Gasteiger partial charge in [-0.25, -0.2) is 4.57 Å². The monoisotopic (exact) mass is 1060 g/mol. The van der Waals surface area contributed by atoms with E-state index in [1.165, 1.54) is 122 Å². The molecule has 0 saturated carbocycles. The number of phosphoric acid groups is 1. The zero-order valence-corrected chi connectivity index (χ0v) is 48.7. The summed E-state index contributed by atoms with van der Waals surface area (Å²) in [6.07, 6.45) is 60.6. The molecule has 11 nitrogen and oxygen atoms in total. The number of aliphatic hydroxyl groups excluding tert-OH is 1. The second-order valence-corrected chi connectivity index (χ2v) is 22.0. The van der Waals surface area contributed by atoms with Crippen LogP contribution in [-0.4, -0.2) is 66.5 Å². The molecule has 0 saturated heterocycles. The Labute approximate surface area is 453 Å². The molecule has 0 aromatic rings. The van der Waals surface area contributed by atoms with Gasteiger partial charge >= 0.3 is 25.7 Å². The van der Waals surface area contributed by atoms with Crippen LogP contribution in [0.15, 0.2) is 48.6 Å². The van der Waals surface area contributed by atoms with Crippen molar-refractivity contribution in [3.8, 4) is 0 Å². The van der Waals surface area contributed by atoms with Gasteiger partial charge in [-0.2, -0.15) is 0 Å². The van der Waals surface area contributed by atoms with Crippen molar-refractivity contribution < 1.29 is 52.2 Å². The van der Waals surface area contributed by atoms with E-state index in [0.717, 1.165) is 109 Å². The molecular formula is C62H113O11P. The number of hydrogen-bond acceptors (Lipinski definition) is 10. The first-order valence-corrected chi connectivity index (χ1v) is 32.0. The van der Waals surface area contributed by atoms with Crippen LogP contribution in [0.25, 0.3) is 0 Å². The van der Waals surface area contributed by atoms with Crippen molar-refractivity contribution in [2.24, 2.45) is 0 Å². The van der Waals surface area contributed by atoms with Crippen LogP contribution in [0.5, 0.6) is 0 Å². The number of aliphatic hydroxyl groups is 1. The summed E-state index contributed by atoms with van der Waals surface area (Å²) in [5, 5.41) is 9.82. The maximum Gasteiger partial charge on any atom is 0.472 e. The molecule has 0 rings (SSSR count). The second-order valence-electron chi connectivity index (χ2n) is 20.5. The van der Waals surface area contributed by atoms with Gasteiger partial charge in [0.05, 0.1) is 19.8 Å². The summed E-state index contributed by atoms with van der Waals surface area (Å²) >= 11 is 0. The lowest BCUT2D eigenvalue weighted by Gasteiger charge is -2.21. The van der Waals surface area contributed by atoms with Crippen molar-refractivity contribution in [1.29, 1.82) is 0 Å². The Balaban J connectivity index is 4.72. The summed E-state index contributed by atoms with van der Waals surface area (Å²) in [4.78, 5) is 48.6. The number of allylic oxidation sites excluding steroid dienone is 8. The fraction of sp³-hybridized carbons (Fsp3) is 0.823. The van der Waals surface area contributed by atoms with Gasteiger partial charge in [-0.1, -0.05) is 217 Å². The Hall–Kier alpha value is -2.56. The predicted octanol–water partition coefficient (Wildman–Crippen LogP) is 18.1. The molecule has 0 heterocycles. The summed E-state index contributed by atoms with van der Waals surface area (Å²) in [6, 6.07) is 0. The molecule has 12 heteroatoms. The predicted molar refractivity (Wildman–Crippen MR) is 307 cm³/mol. The molecule has 0 amide bonds. The first kappa shape index (κ1) is 71.4. The normalized spacial score (nSPS) is 13.6. The van der Waals surface area contributed by atoms with E-state index in [-0.39, 0.29) is 25.9 Å². The number of rotatable bonds is 57. The minimum atomic E-state index is -4.75. The summed E-state index contributed by atoms with van der Waals surface area (Å²) in [5.74, 6) is -1.48. The fourth-order valence-electron chi connectivity index (χ4n) is 8.49. The zero-order valence-electron chi connectivity index (χ0n) is 47.8. The third kappa shape index (κ3) is 54.2. The van der Waals surface area contributed by atoms with E-state index in [1.54, 1.807) is 0 Å². The van der Waals surface area contributed by atoms with Crippen LogP contribution < -0.4 is 0 Å². The number of esters is 3. The minimum Gasteiger partial charge on any atom is -0.462 e. The van der Waals surface area contributed by atoms with Crippen LogP contribution in [0.3, 0.4) is 0 Å². The Morgan fingerprint density at radius 2 is 0.662 bits per heavy atom. The SMILES string of the molecule is CCCCC/C=C\C/C=C\CCCCCCCC(=O)OC(CO)COP(=O)(O)OCC(COC(=O)CCCCCCC/C=C\CCCCCCCC)OC(=O)CCCCCCCCC/C=C\CCCCCCCC. The van der Waals surface area contributed by atoms with E-state index in [9.17, 15) is 28.9 Å². The third-order valence-electron chi connectivity index (χ3n) is 13.2. The Morgan fingerprint density at radius 1 is 0.378 bits per heavy atom. The maximum absolute atomic E-state index is 12.9. The minimum absolute atomic E-state index is 0.161. The quantitative estimate of drug-likeness (QED) is 0.0197. The van der Waals surface area contributed by atoms with Crippen molar-refractivity contribution in [2.45, 2.75) is 303 Å². The third-order valence-corrected chi connectivity index (χ3v) is 14.1. The molecule has 0 fully saturated rings. The second kappa shape index (κ2) is 56.6. The van der Waals surface area contributed by atoms with E-state index in [2.05, 4.69) is 69.4 Å². The summed E-state index contributed by atoms with van der Waals surface area (Å²) in [6.45, 7) is 4.62. The lowest BCUT2D eigenvalue weighted by molar-refractivity contribution is -0.161. The van der Waals surface area contributed by atoms with Crippen LogP contribution in [0.1, 0.15) is 290 Å². The molecular weight excluding hydrogens is 952 g/mol. The van der Waals surface area contributed by atoms with Crippen molar-refractivity contribution >= 4 is 25.7 Å². The highest BCUT2D eigenvalue weighted by Gasteiger charge is 2.28. The maximum atomic E-state index is 12.9. The van der Waals surface area contributed by atoms with Gasteiger partial charge in [0.2, 0.25) is 0 Å². The Kier molecular flexibility index (Phi) is 54.7. The summed E-state index contributed by atoms with van der Waals surface area (Å²) < 4.78 is 39.6. The van der Waals surface area contributed by atoms with Crippen molar-refractivity contribution in [3.63, 3.8) is 0 Å². The van der Waals surface area contributed by atoms with Gasteiger partial charge in [0, 0.05) is 19.3 Å². The number of hydrogen-bond donors (Lipinski definition) is 2. The first-order chi connectivity index (χ1) is 36.2. The molecule has 0 aliphatic heterocycles. The van der Waals surface area contributed by atoms with Crippen LogP contribution in [-0.2, 0) is 42.2 Å². The van der Waals surface area contributed by atoms with E-state index in [4.69, 9.17) is 23.3 Å². The van der Waals surface area contributed by atoms with Crippen molar-refractivity contribution in [1.82, 2.24) is 0 Å². The van der Waals surface area contributed by atoms with E-state index in [0.29, 0.717) is 19.3 Å². The lowest BCUT2D eigenvalue weighted by Crippen LogP contribution is -2.30. The standard InChI is InChI=1S/C62H113O11P/c1-4-7-10-13-16-19-22-25-28-29-32-35-38-41-44-47-50-53-62(66)73-59(55-69-60(64)51-48-45-42-39-36-33-30-26-23-20-17-14-11-8-5-2)57-71-74(67,68)70-56-58(54-63)72-61(65)52-49-46-43-40-37-34-31-27-24-21-18-15-12-9-6-3/h18,21,25-28,30-31,58-59,63H,4-17,19-20,22-24,29,32-57H2,1-3H3,(H,67,68)/b21-18-,28-25-,30-26-,31-27-. The molecule has 0 radical (unpaired) electrons. The van der Waals surface area contributed by atoms with Crippen LogP contribution >= 0.6 is 7.82 Å². The van der Waals surface area contributed by atoms with E-state index in [1.807, 2.05) is 0 Å². The fourth-order valence-corrected chi connectivity index (χ4v) is 9.28. The number of carbonyl (C=O) groups excluding carboxylic acids is 3. The largest absolute Gasteiger partial charge is 0.472 e. The molecule has 3 unspecified atom stereocenters. The molecule has 0 aliphatic rings. The first-order valence-electron chi connectivity index (χ1n) is 30.5. The van der Waals surface area contributed by atoms with E-state index >= 15 is 0 Å². The topological polar surface area (TPSA) is 155 Å². The van der Waals surface area contributed by atoms with Crippen molar-refractivity contribution in [2.75, 3.05) is 26.4 Å². The zero-order chi connectivity index (χ0) is 54.1. The molecule has 74 heavy (non-hydrogen) atoms. The highest BCUT2D eigenvalue weighted by molar-refractivity contribution is 7.47. The smallest absolute Gasteiger partial charge is 0.462 e.